The largest absolute Gasteiger partial charge is 0.423 e. The van der Waals surface area contributed by atoms with Gasteiger partial charge in [-0.1, -0.05) is 24.3 Å². The lowest BCUT2D eigenvalue weighted by Crippen LogP contribution is -2.29. The number of rotatable bonds is 6. The molecule has 1 aliphatic heterocycles. The summed E-state index contributed by atoms with van der Waals surface area (Å²) in [4.78, 5) is 45.3. The van der Waals surface area contributed by atoms with Crippen molar-refractivity contribution in [2.75, 3.05) is 4.90 Å². The number of aromatic nitrogens is 4. The smallest absolute Gasteiger partial charge is 0.299 e. The summed E-state index contributed by atoms with van der Waals surface area (Å²) in [6.45, 7) is -0.00783. The Kier molecular flexibility index (Phi) is 4.20. The van der Waals surface area contributed by atoms with Crippen LogP contribution in [0.15, 0.2) is 52.9 Å². The molecule has 1 N–H and O–H groups in total. The van der Waals surface area contributed by atoms with E-state index in [1.807, 2.05) is 24.3 Å². The van der Waals surface area contributed by atoms with Gasteiger partial charge in [-0.25, -0.2) is 4.98 Å². The van der Waals surface area contributed by atoms with Crippen LogP contribution in [0.3, 0.4) is 0 Å². The summed E-state index contributed by atoms with van der Waals surface area (Å²) in [5.41, 5.74) is 2.41. The third kappa shape index (κ3) is 3.06. The van der Waals surface area contributed by atoms with Crippen molar-refractivity contribution in [3.8, 4) is 0 Å². The number of aromatic amines is 1. The second-order valence-corrected chi connectivity index (χ2v) is 6.85. The van der Waals surface area contributed by atoms with E-state index < -0.39 is 11.7 Å². The first-order chi connectivity index (χ1) is 14.6. The Morgan fingerprint density at radius 2 is 1.77 bits per heavy atom. The van der Waals surface area contributed by atoms with Gasteiger partial charge < -0.3 is 9.40 Å². The molecule has 0 bridgehead atoms. The number of ketones is 2. The van der Waals surface area contributed by atoms with Crippen molar-refractivity contribution in [2.45, 2.75) is 19.4 Å². The van der Waals surface area contributed by atoms with Crippen LogP contribution >= 0.6 is 0 Å². The van der Waals surface area contributed by atoms with Crippen LogP contribution in [0, 0.1) is 0 Å². The first-order valence-electron chi connectivity index (χ1n) is 9.34. The highest BCUT2D eigenvalue weighted by Crippen LogP contribution is 2.29. The van der Waals surface area contributed by atoms with Gasteiger partial charge in [0.05, 0.1) is 22.3 Å². The number of anilines is 1. The maximum Gasteiger partial charge on any atom is 0.299 e. The van der Waals surface area contributed by atoms with E-state index in [0.717, 1.165) is 11.0 Å². The molecule has 5 rings (SSSR count). The number of imidazole rings is 1. The SMILES string of the molecule is O=C(CCc1nnc(CN2C(=O)C(=O)c3ccccc32)o1)c1nc2ccccc2[nH]1. The van der Waals surface area contributed by atoms with Gasteiger partial charge in [-0.15, -0.1) is 10.2 Å². The predicted octanol–water partition coefficient (Wildman–Crippen LogP) is 2.49. The molecule has 0 radical (unpaired) electrons. The Morgan fingerprint density at radius 3 is 2.63 bits per heavy atom. The van der Waals surface area contributed by atoms with E-state index in [0.29, 0.717) is 11.3 Å². The molecule has 0 saturated heterocycles. The molecule has 0 atom stereocenters. The molecule has 0 unspecified atom stereocenters. The Balaban J connectivity index is 1.25. The van der Waals surface area contributed by atoms with Crippen molar-refractivity contribution in [3.05, 3.63) is 71.7 Å². The third-order valence-corrected chi connectivity index (χ3v) is 4.90. The molecule has 0 saturated carbocycles. The minimum absolute atomic E-state index is 0.00783. The van der Waals surface area contributed by atoms with Crippen molar-refractivity contribution in [3.63, 3.8) is 0 Å². The lowest BCUT2D eigenvalue weighted by atomic mass is 10.1. The molecule has 0 fully saturated rings. The highest BCUT2D eigenvalue weighted by molar-refractivity contribution is 6.52. The molecular weight excluding hydrogens is 386 g/mol. The average Bonchev–Trinajstić information content (AvgIpc) is 3.46. The van der Waals surface area contributed by atoms with Crippen LogP contribution in [0.4, 0.5) is 5.69 Å². The molecule has 2 aromatic heterocycles. The van der Waals surface area contributed by atoms with E-state index in [2.05, 4.69) is 20.2 Å². The van der Waals surface area contributed by atoms with Crippen LogP contribution in [-0.4, -0.2) is 37.6 Å². The molecule has 0 aliphatic carbocycles. The molecule has 2 aromatic carbocycles. The number of Topliss-reactive ketones (excluding diaryl/α,β-unsaturated/α-hetero) is 2. The Hall–Kier alpha value is -4.14. The number of H-pyrrole nitrogens is 1. The predicted molar refractivity (Wildman–Crippen MR) is 105 cm³/mol. The van der Waals surface area contributed by atoms with E-state index >= 15 is 0 Å². The second-order valence-electron chi connectivity index (χ2n) is 6.85. The van der Waals surface area contributed by atoms with E-state index in [9.17, 15) is 14.4 Å². The zero-order chi connectivity index (χ0) is 20.7. The van der Waals surface area contributed by atoms with Gasteiger partial charge in [-0.3, -0.25) is 19.3 Å². The highest BCUT2D eigenvalue weighted by Gasteiger charge is 2.36. The molecule has 3 heterocycles. The summed E-state index contributed by atoms with van der Waals surface area (Å²) in [7, 11) is 0. The lowest BCUT2D eigenvalue weighted by Gasteiger charge is -2.13. The Bertz CT molecular complexity index is 1270. The Labute approximate surface area is 169 Å². The number of carbonyl (C=O) groups is 3. The molecule has 0 spiro atoms. The van der Waals surface area contributed by atoms with Crippen LogP contribution in [-0.2, 0) is 17.8 Å². The highest BCUT2D eigenvalue weighted by atomic mass is 16.4. The molecule has 1 aliphatic rings. The average molecular weight is 401 g/mol. The topological polar surface area (TPSA) is 122 Å². The molecule has 148 valence electrons. The number of hydrogen-bond acceptors (Lipinski definition) is 7. The van der Waals surface area contributed by atoms with Crippen molar-refractivity contribution >= 4 is 34.2 Å². The zero-order valence-electron chi connectivity index (χ0n) is 15.7. The van der Waals surface area contributed by atoms with E-state index in [1.165, 1.54) is 4.90 Å². The van der Waals surface area contributed by atoms with E-state index in [4.69, 9.17) is 4.42 Å². The maximum atomic E-state index is 12.4. The van der Waals surface area contributed by atoms with Crippen molar-refractivity contribution in [2.24, 2.45) is 0 Å². The monoisotopic (exact) mass is 401 g/mol. The van der Waals surface area contributed by atoms with Crippen molar-refractivity contribution in [1.82, 2.24) is 20.2 Å². The number of benzene rings is 2. The fraction of sp³-hybridized carbons (Fsp3) is 0.143. The fourth-order valence-corrected chi connectivity index (χ4v) is 3.42. The van der Waals surface area contributed by atoms with Crippen LogP contribution in [0.25, 0.3) is 11.0 Å². The van der Waals surface area contributed by atoms with Gasteiger partial charge in [-0.2, -0.15) is 0 Å². The van der Waals surface area contributed by atoms with E-state index in [-0.39, 0.29) is 42.8 Å². The standard InChI is InChI=1S/C21H15N5O4/c27-16(20-22-13-6-2-3-7-14(13)23-20)9-10-17-24-25-18(30-17)11-26-15-8-4-1-5-12(15)19(28)21(26)29/h1-8H,9-11H2,(H,22,23). The van der Waals surface area contributed by atoms with Gasteiger partial charge in [-0.05, 0) is 24.3 Å². The number of para-hydroxylation sites is 3. The minimum atomic E-state index is -0.629. The van der Waals surface area contributed by atoms with Gasteiger partial charge >= 0.3 is 0 Å². The maximum absolute atomic E-state index is 12.4. The second kappa shape index (κ2) is 7.03. The van der Waals surface area contributed by atoms with Gasteiger partial charge in [0.15, 0.2) is 11.6 Å². The normalized spacial score (nSPS) is 13.3. The summed E-state index contributed by atoms with van der Waals surface area (Å²) < 4.78 is 5.58. The quantitative estimate of drug-likeness (QED) is 0.389. The minimum Gasteiger partial charge on any atom is -0.423 e. The molecule has 4 aromatic rings. The van der Waals surface area contributed by atoms with Gasteiger partial charge in [0, 0.05) is 12.8 Å². The molecule has 1 amide bonds. The van der Waals surface area contributed by atoms with Gasteiger partial charge in [0.1, 0.15) is 6.54 Å². The number of carbonyl (C=O) groups excluding carboxylic acids is 3. The summed E-state index contributed by atoms with van der Waals surface area (Å²) in [6, 6.07) is 14.2. The summed E-state index contributed by atoms with van der Waals surface area (Å²) in [5.74, 6) is -0.591. The zero-order valence-corrected chi connectivity index (χ0v) is 15.7. The summed E-state index contributed by atoms with van der Waals surface area (Å²) >= 11 is 0. The molecular formula is C21H15N5O4. The van der Waals surface area contributed by atoms with Crippen molar-refractivity contribution < 1.29 is 18.8 Å². The Morgan fingerprint density at radius 1 is 1.00 bits per heavy atom. The fourth-order valence-electron chi connectivity index (χ4n) is 3.42. The number of hydrogen-bond donors (Lipinski definition) is 1. The number of nitrogens with zero attached hydrogens (tertiary/aromatic N) is 4. The van der Waals surface area contributed by atoms with Crippen LogP contribution in [0.5, 0.6) is 0 Å². The van der Waals surface area contributed by atoms with Crippen LogP contribution < -0.4 is 4.90 Å². The van der Waals surface area contributed by atoms with Gasteiger partial charge in [0.25, 0.3) is 11.7 Å². The molecule has 9 heteroatoms. The number of fused-ring (bicyclic) bond motifs is 2. The first kappa shape index (κ1) is 17.9. The number of nitrogens with one attached hydrogen (secondary N) is 1. The number of amides is 1. The summed E-state index contributed by atoms with van der Waals surface area (Å²) in [5, 5.41) is 7.89. The van der Waals surface area contributed by atoms with E-state index in [1.54, 1.807) is 24.3 Å². The first-order valence-corrected chi connectivity index (χ1v) is 9.34. The third-order valence-electron chi connectivity index (χ3n) is 4.90. The van der Waals surface area contributed by atoms with Gasteiger partial charge in [0.2, 0.25) is 11.8 Å². The lowest BCUT2D eigenvalue weighted by molar-refractivity contribution is -0.114. The van der Waals surface area contributed by atoms with Crippen molar-refractivity contribution in [1.29, 1.82) is 0 Å². The molecule has 30 heavy (non-hydrogen) atoms. The number of aryl methyl sites for hydroxylation is 1. The van der Waals surface area contributed by atoms with Crippen LogP contribution in [0.1, 0.15) is 39.2 Å². The van der Waals surface area contributed by atoms with Crippen LogP contribution in [0.2, 0.25) is 0 Å². The summed E-state index contributed by atoms with van der Waals surface area (Å²) in [6.07, 6.45) is 0.387. The molecule has 9 nitrogen and oxygen atoms in total.